The molecule has 0 saturated carbocycles. The van der Waals surface area contributed by atoms with Crippen molar-refractivity contribution in [2.45, 2.75) is 52.5 Å². The highest BCUT2D eigenvalue weighted by Crippen LogP contribution is 2.19. The van der Waals surface area contributed by atoms with Gasteiger partial charge in [-0.15, -0.1) is 0 Å². The fraction of sp³-hybridized carbons (Fsp3) is 0.615. The number of aromatic nitrogens is 1. The maximum Gasteiger partial charge on any atom is 0.290 e. The van der Waals surface area contributed by atoms with E-state index in [2.05, 4.69) is 24.1 Å². The Kier molecular flexibility index (Phi) is 5.55. The lowest BCUT2D eigenvalue weighted by molar-refractivity contribution is -0.385. The molecule has 0 aliphatic heterocycles. The van der Waals surface area contributed by atoms with Gasteiger partial charge in [-0.25, -0.2) is 4.98 Å². The van der Waals surface area contributed by atoms with Crippen LogP contribution < -0.4 is 5.32 Å². The zero-order valence-corrected chi connectivity index (χ0v) is 11.3. The highest BCUT2D eigenvalue weighted by atomic mass is 16.6. The lowest BCUT2D eigenvalue weighted by Crippen LogP contribution is -2.16. The minimum atomic E-state index is -0.406. The Balaban J connectivity index is 2.57. The van der Waals surface area contributed by atoms with Crippen LogP contribution in [0.5, 0.6) is 0 Å². The number of rotatable bonds is 7. The Morgan fingerprint density at radius 2 is 2.22 bits per heavy atom. The number of nitrogens with one attached hydrogen (secondary N) is 1. The largest absolute Gasteiger partial charge is 0.368 e. The predicted octanol–water partition coefficient (Wildman–Crippen LogP) is 3.68. The van der Waals surface area contributed by atoms with E-state index in [1.165, 1.54) is 25.5 Å². The van der Waals surface area contributed by atoms with Crippen LogP contribution >= 0.6 is 0 Å². The Hall–Kier alpha value is -1.65. The van der Waals surface area contributed by atoms with Crippen LogP contribution in [0.4, 0.5) is 11.5 Å². The molecule has 0 aliphatic carbocycles. The fourth-order valence-electron chi connectivity index (χ4n) is 1.84. The molecule has 0 aliphatic rings. The molecule has 0 amide bonds. The first-order valence-corrected chi connectivity index (χ1v) is 6.42. The summed E-state index contributed by atoms with van der Waals surface area (Å²) in [7, 11) is 0. The molecular weight excluding hydrogens is 230 g/mol. The quantitative estimate of drug-likeness (QED) is 0.456. The molecule has 1 heterocycles. The van der Waals surface area contributed by atoms with E-state index in [-0.39, 0.29) is 5.69 Å². The zero-order valence-electron chi connectivity index (χ0n) is 11.3. The summed E-state index contributed by atoms with van der Waals surface area (Å²) in [6.45, 7) is 6.01. The van der Waals surface area contributed by atoms with Crippen molar-refractivity contribution in [1.82, 2.24) is 4.98 Å². The summed E-state index contributed by atoms with van der Waals surface area (Å²) in [5.74, 6) is 0.710. The SMILES string of the molecule is CCCCCC(C)Nc1cc(C)c([N+](=O)[O-])cn1. The predicted molar refractivity (Wildman–Crippen MR) is 72.9 cm³/mol. The van der Waals surface area contributed by atoms with Gasteiger partial charge in [-0.1, -0.05) is 26.2 Å². The zero-order chi connectivity index (χ0) is 13.5. The summed E-state index contributed by atoms with van der Waals surface area (Å²) < 4.78 is 0. The lowest BCUT2D eigenvalue weighted by Gasteiger charge is -2.14. The molecule has 1 atom stereocenters. The molecule has 1 aromatic rings. The van der Waals surface area contributed by atoms with Gasteiger partial charge in [0.05, 0.1) is 4.92 Å². The third-order valence-corrected chi connectivity index (χ3v) is 2.91. The van der Waals surface area contributed by atoms with Crippen molar-refractivity contribution >= 4 is 11.5 Å². The first-order chi connectivity index (χ1) is 8.54. The van der Waals surface area contributed by atoms with E-state index in [4.69, 9.17) is 0 Å². The summed E-state index contributed by atoms with van der Waals surface area (Å²) in [6.07, 6.45) is 6.04. The van der Waals surface area contributed by atoms with Crippen LogP contribution in [-0.2, 0) is 0 Å². The topological polar surface area (TPSA) is 68.1 Å². The summed E-state index contributed by atoms with van der Waals surface area (Å²) in [4.78, 5) is 14.3. The summed E-state index contributed by atoms with van der Waals surface area (Å²) in [5, 5.41) is 13.9. The molecule has 1 rings (SSSR count). The van der Waals surface area contributed by atoms with Gasteiger partial charge in [-0.05, 0) is 26.3 Å². The molecule has 1 unspecified atom stereocenters. The van der Waals surface area contributed by atoms with Crippen LogP contribution in [0.3, 0.4) is 0 Å². The first-order valence-electron chi connectivity index (χ1n) is 6.42. The lowest BCUT2D eigenvalue weighted by atomic mass is 10.1. The van der Waals surface area contributed by atoms with Crippen molar-refractivity contribution in [1.29, 1.82) is 0 Å². The van der Waals surface area contributed by atoms with Crippen LogP contribution in [0.25, 0.3) is 0 Å². The third-order valence-electron chi connectivity index (χ3n) is 2.91. The number of anilines is 1. The highest BCUT2D eigenvalue weighted by molar-refractivity contribution is 5.47. The first kappa shape index (κ1) is 14.4. The molecule has 1 aromatic heterocycles. The van der Waals surface area contributed by atoms with Gasteiger partial charge in [0.2, 0.25) is 0 Å². The second kappa shape index (κ2) is 6.93. The van der Waals surface area contributed by atoms with E-state index >= 15 is 0 Å². The Labute approximate surface area is 108 Å². The molecule has 5 heteroatoms. The van der Waals surface area contributed by atoms with E-state index in [1.54, 1.807) is 13.0 Å². The van der Waals surface area contributed by atoms with Gasteiger partial charge >= 0.3 is 0 Å². The van der Waals surface area contributed by atoms with E-state index in [9.17, 15) is 10.1 Å². The number of hydrogen-bond donors (Lipinski definition) is 1. The van der Waals surface area contributed by atoms with Crippen molar-refractivity contribution in [2.75, 3.05) is 5.32 Å². The normalized spacial score (nSPS) is 12.2. The third kappa shape index (κ3) is 4.31. The Morgan fingerprint density at radius 3 is 2.78 bits per heavy atom. The van der Waals surface area contributed by atoms with Crippen molar-refractivity contribution < 1.29 is 4.92 Å². The minimum absolute atomic E-state index is 0.0687. The van der Waals surface area contributed by atoms with Gasteiger partial charge in [0.1, 0.15) is 12.0 Å². The molecule has 0 aromatic carbocycles. The molecule has 0 saturated heterocycles. The maximum atomic E-state index is 10.7. The number of nitro groups is 1. The van der Waals surface area contributed by atoms with Gasteiger partial charge in [-0.2, -0.15) is 0 Å². The molecule has 0 bridgehead atoms. The minimum Gasteiger partial charge on any atom is -0.368 e. The maximum absolute atomic E-state index is 10.7. The Bertz CT molecular complexity index is 407. The van der Waals surface area contributed by atoms with Gasteiger partial charge in [0.25, 0.3) is 5.69 Å². The van der Waals surface area contributed by atoms with Crippen LogP contribution in [-0.4, -0.2) is 15.9 Å². The summed E-state index contributed by atoms with van der Waals surface area (Å²) in [6, 6.07) is 2.07. The van der Waals surface area contributed by atoms with Crippen molar-refractivity contribution in [3.8, 4) is 0 Å². The number of nitrogens with zero attached hydrogens (tertiary/aromatic N) is 2. The number of hydrogen-bond acceptors (Lipinski definition) is 4. The van der Waals surface area contributed by atoms with E-state index in [1.807, 2.05) is 0 Å². The molecule has 1 N–H and O–H groups in total. The fourth-order valence-corrected chi connectivity index (χ4v) is 1.84. The van der Waals surface area contributed by atoms with Crippen LogP contribution in [0.15, 0.2) is 12.3 Å². The number of aryl methyl sites for hydroxylation is 1. The average molecular weight is 251 g/mol. The second-order valence-electron chi connectivity index (χ2n) is 4.65. The number of pyridine rings is 1. The van der Waals surface area contributed by atoms with E-state index in [0.29, 0.717) is 17.4 Å². The van der Waals surface area contributed by atoms with Crippen LogP contribution in [0.2, 0.25) is 0 Å². The molecule has 18 heavy (non-hydrogen) atoms. The summed E-state index contributed by atoms with van der Waals surface area (Å²) >= 11 is 0. The standard InChI is InChI=1S/C13H21N3O2/c1-4-5-6-7-11(3)15-13-8-10(2)12(9-14-13)16(17)18/h8-9,11H,4-7H2,1-3H3,(H,14,15). The van der Waals surface area contributed by atoms with Crippen molar-refractivity contribution in [2.24, 2.45) is 0 Å². The monoisotopic (exact) mass is 251 g/mol. The van der Waals surface area contributed by atoms with Gasteiger partial charge in [0.15, 0.2) is 0 Å². The van der Waals surface area contributed by atoms with Crippen molar-refractivity contribution in [3.63, 3.8) is 0 Å². The van der Waals surface area contributed by atoms with Gasteiger partial charge < -0.3 is 5.32 Å². The second-order valence-corrected chi connectivity index (χ2v) is 4.65. The molecule has 0 radical (unpaired) electrons. The van der Waals surface area contributed by atoms with Gasteiger partial charge in [-0.3, -0.25) is 10.1 Å². The molecule has 100 valence electrons. The van der Waals surface area contributed by atoms with Gasteiger partial charge in [0, 0.05) is 11.6 Å². The van der Waals surface area contributed by atoms with Crippen LogP contribution in [0, 0.1) is 17.0 Å². The highest BCUT2D eigenvalue weighted by Gasteiger charge is 2.12. The number of unbranched alkanes of at least 4 members (excludes halogenated alkanes) is 2. The Morgan fingerprint density at radius 1 is 1.50 bits per heavy atom. The van der Waals surface area contributed by atoms with E-state index in [0.717, 1.165) is 6.42 Å². The van der Waals surface area contributed by atoms with Crippen LogP contribution in [0.1, 0.15) is 45.1 Å². The molecule has 5 nitrogen and oxygen atoms in total. The molecule has 0 spiro atoms. The van der Waals surface area contributed by atoms with Crippen molar-refractivity contribution in [3.05, 3.63) is 27.9 Å². The smallest absolute Gasteiger partial charge is 0.290 e. The van der Waals surface area contributed by atoms with E-state index < -0.39 is 4.92 Å². The molecular formula is C13H21N3O2. The molecule has 0 fully saturated rings. The average Bonchev–Trinajstić information content (AvgIpc) is 2.28. The summed E-state index contributed by atoms with van der Waals surface area (Å²) in [5.41, 5.74) is 0.706.